The summed E-state index contributed by atoms with van der Waals surface area (Å²) in [6, 6.07) is 6.06. The number of thioether (sulfide) groups is 1. The Morgan fingerprint density at radius 3 is 2.57 bits per heavy atom. The molecule has 14 heavy (non-hydrogen) atoms. The third-order valence-corrected chi connectivity index (χ3v) is 3.85. The maximum atomic E-state index is 5.35. The fraction of sp³-hybridized carbons (Fsp3) is 0.455. The maximum absolute atomic E-state index is 5.35. The zero-order valence-corrected chi connectivity index (χ0v) is 9.26. The second kappa shape index (κ2) is 4.13. The lowest BCUT2D eigenvalue weighted by molar-refractivity contribution is 0.390. The lowest BCUT2D eigenvalue weighted by atomic mass is 10.1. The van der Waals surface area contributed by atoms with Crippen LogP contribution in [0.5, 0.6) is 11.5 Å². The first-order chi connectivity index (χ1) is 6.85. The molecule has 0 aromatic heterocycles. The minimum Gasteiger partial charge on any atom is -0.497 e. The highest BCUT2D eigenvalue weighted by atomic mass is 32.2. The first-order valence-corrected chi connectivity index (χ1v) is 5.73. The van der Waals surface area contributed by atoms with Gasteiger partial charge in [0.25, 0.3) is 0 Å². The molecular weight excluding hydrogens is 196 g/mol. The molecule has 0 bridgehead atoms. The van der Waals surface area contributed by atoms with E-state index in [1.807, 2.05) is 23.9 Å². The quantitative estimate of drug-likeness (QED) is 0.764. The van der Waals surface area contributed by atoms with Crippen molar-refractivity contribution in [3.8, 4) is 11.5 Å². The molecule has 0 amide bonds. The van der Waals surface area contributed by atoms with Crippen molar-refractivity contribution in [1.82, 2.24) is 0 Å². The van der Waals surface area contributed by atoms with Crippen LogP contribution in [-0.4, -0.2) is 20.0 Å². The van der Waals surface area contributed by atoms with Crippen LogP contribution in [0, 0.1) is 0 Å². The van der Waals surface area contributed by atoms with Gasteiger partial charge in [-0.3, -0.25) is 0 Å². The molecule has 0 radical (unpaired) electrons. The summed E-state index contributed by atoms with van der Waals surface area (Å²) in [5, 5.41) is 0.621. The van der Waals surface area contributed by atoms with Crippen molar-refractivity contribution in [2.75, 3.05) is 20.0 Å². The van der Waals surface area contributed by atoms with Gasteiger partial charge < -0.3 is 9.47 Å². The molecular formula is C11H14O2S. The number of benzene rings is 1. The molecule has 1 atom stereocenters. The van der Waals surface area contributed by atoms with Crippen LogP contribution in [0.3, 0.4) is 0 Å². The lowest BCUT2D eigenvalue weighted by Gasteiger charge is -2.26. The zero-order chi connectivity index (χ0) is 9.97. The highest BCUT2D eigenvalue weighted by Gasteiger charge is 2.23. The summed E-state index contributed by atoms with van der Waals surface area (Å²) in [5.41, 5.74) is 1.30. The standard InChI is InChI=1S/C11H14O2S/c1-12-8-3-4-9(10(7-8)13-2)11-5-6-14-11/h3-4,7,11H,5-6H2,1-2H3. The number of ether oxygens (including phenoxy) is 2. The zero-order valence-electron chi connectivity index (χ0n) is 8.45. The highest BCUT2D eigenvalue weighted by Crippen LogP contribution is 2.46. The molecule has 1 heterocycles. The molecule has 2 rings (SSSR count). The topological polar surface area (TPSA) is 18.5 Å². The first kappa shape index (κ1) is 9.71. The average Bonchev–Trinajstić information content (AvgIpc) is 2.16. The Kier molecular flexibility index (Phi) is 2.87. The van der Waals surface area contributed by atoms with Crippen LogP contribution in [0.4, 0.5) is 0 Å². The van der Waals surface area contributed by atoms with E-state index in [9.17, 15) is 0 Å². The Bertz CT molecular complexity index is 321. The molecule has 1 fully saturated rings. The molecule has 2 nitrogen and oxygen atoms in total. The van der Waals surface area contributed by atoms with E-state index in [4.69, 9.17) is 9.47 Å². The van der Waals surface area contributed by atoms with E-state index in [-0.39, 0.29) is 0 Å². The van der Waals surface area contributed by atoms with Gasteiger partial charge in [0.15, 0.2) is 0 Å². The van der Waals surface area contributed by atoms with E-state index < -0.39 is 0 Å². The van der Waals surface area contributed by atoms with E-state index in [1.165, 1.54) is 17.7 Å². The van der Waals surface area contributed by atoms with Gasteiger partial charge in [0, 0.05) is 16.9 Å². The lowest BCUT2D eigenvalue weighted by Crippen LogP contribution is -2.08. The van der Waals surface area contributed by atoms with Crippen LogP contribution in [-0.2, 0) is 0 Å². The van der Waals surface area contributed by atoms with Gasteiger partial charge in [0.2, 0.25) is 0 Å². The summed E-state index contributed by atoms with van der Waals surface area (Å²) in [4.78, 5) is 0. The number of hydrogen-bond acceptors (Lipinski definition) is 3. The summed E-state index contributed by atoms with van der Waals surface area (Å²) in [6.07, 6.45) is 1.26. The summed E-state index contributed by atoms with van der Waals surface area (Å²) in [5.74, 6) is 3.07. The van der Waals surface area contributed by atoms with Crippen LogP contribution in [0.15, 0.2) is 18.2 Å². The fourth-order valence-corrected chi connectivity index (χ4v) is 2.41. The van der Waals surface area contributed by atoms with Gasteiger partial charge in [-0.15, -0.1) is 0 Å². The predicted molar refractivity (Wildman–Crippen MR) is 59.4 cm³/mol. The molecule has 3 heteroatoms. The smallest absolute Gasteiger partial charge is 0.126 e. The van der Waals surface area contributed by atoms with Crippen molar-refractivity contribution in [3.63, 3.8) is 0 Å². The van der Waals surface area contributed by atoms with E-state index >= 15 is 0 Å². The van der Waals surface area contributed by atoms with Gasteiger partial charge in [-0.2, -0.15) is 11.8 Å². The minimum atomic E-state index is 0.621. The third kappa shape index (κ3) is 1.69. The Hall–Kier alpha value is -0.830. The summed E-state index contributed by atoms with van der Waals surface area (Å²) in [6.45, 7) is 0. The van der Waals surface area contributed by atoms with Gasteiger partial charge in [0.05, 0.1) is 14.2 Å². The molecule has 0 spiro atoms. The SMILES string of the molecule is COc1ccc(C2CCS2)c(OC)c1. The number of methoxy groups -OCH3 is 2. The number of hydrogen-bond donors (Lipinski definition) is 0. The van der Waals surface area contributed by atoms with E-state index in [1.54, 1.807) is 14.2 Å². The highest BCUT2D eigenvalue weighted by molar-refractivity contribution is 8.00. The molecule has 76 valence electrons. The fourth-order valence-electron chi connectivity index (χ4n) is 1.57. The molecule has 0 saturated carbocycles. The predicted octanol–water partition coefficient (Wildman–Crippen LogP) is 2.88. The molecule has 1 aliphatic rings. The second-order valence-electron chi connectivity index (χ2n) is 3.26. The second-order valence-corrected chi connectivity index (χ2v) is 4.57. The maximum Gasteiger partial charge on any atom is 0.126 e. The minimum absolute atomic E-state index is 0.621. The molecule has 0 aliphatic carbocycles. The summed E-state index contributed by atoms with van der Waals surface area (Å²) < 4.78 is 10.5. The van der Waals surface area contributed by atoms with E-state index in [0.717, 1.165) is 11.5 Å². The summed E-state index contributed by atoms with van der Waals surface area (Å²) in [7, 11) is 3.38. The van der Waals surface area contributed by atoms with E-state index in [0.29, 0.717) is 5.25 Å². The monoisotopic (exact) mass is 210 g/mol. The molecule has 1 saturated heterocycles. The Morgan fingerprint density at radius 2 is 2.07 bits per heavy atom. The molecule has 1 unspecified atom stereocenters. The van der Waals surface area contributed by atoms with E-state index in [2.05, 4.69) is 6.07 Å². The van der Waals surface area contributed by atoms with Crippen molar-refractivity contribution in [1.29, 1.82) is 0 Å². The van der Waals surface area contributed by atoms with Crippen LogP contribution in [0.1, 0.15) is 17.2 Å². The van der Waals surface area contributed by atoms with Gasteiger partial charge in [-0.05, 0) is 18.2 Å². The Balaban J connectivity index is 2.29. The third-order valence-electron chi connectivity index (χ3n) is 2.49. The summed E-state index contributed by atoms with van der Waals surface area (Å²) >= 11 is 1.98. The van der Waals surface area contributed by atoms with Crippen molar-refractivity contribution >= 4 is 11.8 Å². The van der Waals surface area contributed by atoms with Gasteiger partial charge in [0.1, 0.15) is 11.5 Å². The van der Waals surface area contributed by atoms with Gasteiger partial charge in [-0.25, -0.2) is 0 Å². The van der Waals surface area contributed by atoms with Crippen LogP contribution < -0.4 is 9.47 Å². The average molecular weight is 210 g/mol. The van der Waals surface area contributed by atoms with Gasteiger partial charge >= 0.3 is 0 Å². The molecule has 1 aromatic rings. The van der Waals surface area contributed by atoms with Crippen molar-refractivity contribution in [2.45, 2.75) is 11.7 Å². The van der Waals surface area contributed by atoms with Gasteiger partial charge in [-0.1, -0.05) is 6.07 Å². The number of rotatable bonds is 3. The Labute approximate surface area is 88.6 Å². The van der Waals surface area contributed by atoms with Crippen molar-refractivity contribution in [2.24, 2.45) is 0 Å². The molecule has 1 aromatic carbocycles. The van der Waals surface area contributed by atoms with Crippen molar-refractivity contribution < 1.29 is 9.47 Å². The van der Waals surface area contributed by atoms with Crippen molar-refractivity contribution in [3.05, 3.63) is 23.8 Å². The normalized spacial score (nSPS) is 20.0. The van der Waals surface area contributed by atoms with Crippen LogP contribution in [0.25, 0.3) is 0 Å². The Morgan fingerprint density at radius 1 is 1.29 bits per heavy atom. The molecule has 0 N–H and O–H groups in total. The molecule has 1 aliphatic heterocycles. The van der Waals surface area contributed by atoms with Crippen LogP contribution in [0.2, 0.25) is 0 Å². The first-order valence-electron chi connectivity index (χ1n) is 4.68. The largest absolute Gasteiger partial charge is 0.497 e. The van der Waals surface area contributed by atoms with Crippen LogP contribution >= 0.6 is 11.8 Å².